The topological polar surface area (TPSA) is 92.5 Å². The first-order chi connectivity index (χ1) is 8.25. The first-order valence-corrected chi connectivity index (χ1v) is 7.15. The van der Waals surface area contributed by atoms with Gasteiger partial charge in [-0.25, -0.2) is 14.3 Å². The van der Waals surface area contributed by atoms with E-state index in [2.05, 4.69) is 0 Å². The van der Waals surface area contributed by atoms with Crippen LogP contribution in [0.15, 0.2) is 18.2 Å². The number of carbonyl (C=O) groups excluding carboxylic acids is 1. The first kappa shape index (κ1) is 14.5. The van der Waals surface area contributed by atoms with Crippen LogP contribution in [0.5, 0.6) is 0 Å². The Morgan fingerprint density at radius 3 is 2.44 bits per heavy atom. The molecule has 0 aliphatic carbocycles. The van der Waals surface area contributed by atoms with Crippen molar-refractivity contribution in [2.45, 2.75) is 13.8 Å². The van der Waals surface area contributed by atoms with Gasteiger partial charge in [-0.15, -0.1) is 0 Å². The average molecular weight is 271 g/mol. The van der Waals surface area contributed by atoms with E-state index in [1.54, 1.807) is 19.1 Å². The number of sulfonamides is 1. The number of nitrogens with zero attached hydrogens (tertiary/aromatic N) is 1. The standard InChI is InChI=1S/C11H17N3O3S/c1-8-4-5-10(9(2)6-8)14(18(3,16)17)7-11(15)13-12/h4-6H,7,12H2,1-3H3,(H,13,15). The molecule has 0 bridgehead atoms. The third-order valence-electron chi connectivity index (χ3n) is 2.47. The molecule has 18 heavy (non-hydrogen) atoms. The maximum atomic E-state index is 11.7. The van der Waals surface area contributed by atoms with Crippen molar-refractivity contribution in [2.24, 2.45) is 5.84 Å². The average Bonchev–Trinajstić information content (AvgIpc) is 2.25. The maximum absolute atomic E-state index is 11.7. The van der Waals surface area contributed by atoms with Gasteiger partial charge in [0.15, 0.2) is 0 Å². The minimum atomic E-state index is -3.54. The number of rotatable bonds is 4. The lowest BCUT2D eigenvalue weighted by atomic mass is 10.1. The Morgan fingerprint density at radius 2 is 2.00 bits per heavy atom. The van der Waals surface area contributed by atoms with Crippen LogP contribution >= 0.6 is 0 Å². The summed E-state index contributed by atoms with van der Waals surface area (Å²) in [5.74, 6) is 4.41. The third-order valence-corrected chi connectivity index (χ3v) is 3.60. The van der Waals surface area contributed by atoms with E-state index in [1.165, 1.54) is 0 Å². The van der Waals surface area contributed by atoms with Gasteiger partial charge in [0, 0.05) is 0 Å². The number of carbonyl (C=O) groups is 1. The van der Waals surface area contributed by atoms with Gasteiger partial charge in [-0.1, -0.05) is 17.7 Å². The van der Waals surface area contributed by atoms with Crippen LogP contribution in [0.2, 0.25) is 0 Å². The number of hydrogen-bond acceptors (Lipinski definition) is 4. The van der Waals surface area contributed by atoms with Crippen LogP contribution in [0.1, 0.15) is 11.1 Å². The number of benzene rings is 1. The second kappa shape index (κ2) is 5.36. The Bertz CT molecular complexity index is 555. The number of amides is 1. The summed E-state index contributed by atoms with van der Waals surface area (Å²) in [6.07, 6.45) is 1.05. The number of nitrogens with two attached hydrogens (primary N) is 1. The van der Waals surface area contributed by atoms with E-state index in [1.807, 2.05) is 18.4 Å². The fraction of sp³-hybridized carbons (Fsp3) is 0.364. The number of hydrazine groups is 1. The van der Waals surface area contributed by atoms with E-state index in [-0.39, 0.29) is 6.54 Å². The van der Waals surface area contributed by atoms with Crippen molar-refractivity contribution < 1.29 is 13.2 Å². The van der Waals surface area contributed by atoms with Crippen LogP contribution in [-0.4, -0.2) is 27.1 Å². The quantitative estimate of drug-likeness (QED) is 0.460. The van der Waals surface area contributed by atoms with E-state index in [0.29, 0.717) is 5.69 Å². The van der Waals surface area contributed by atoms with E-state index >= 15 is 0 Å². The molecule has 1 aromatic rings. The molecule has 0 unspecified atom stereocenters. The highest BCUT2D eigenvalue weighted by Crippen LogP contribution is 2.23. The summed E-state index contributed by atoms with van der Waals surface area (Å²) >= 11 is 0. The zero-order chi connectivity index (χ0) is 13.9. The van der Waals surface area contributed by atoms with Gasteiger partial charge in [0.1, 0.15) is 6.54 Å². The van der Waals surface area contributed by atoms with Crippen molar-refractivity contribution in [3.8, 4) is 0 Å². The second-order valence-electron chi connectivity index (χ2n) is 4.13. The van der Waals surface area contributed by atoms with Crippen LogP contribution in [0.25, 0.3) is 0 Å². The van der Waals surface area contributed by atoms with E-state index in [4.69, 9.17) is 5.84 Å². The van der Waals surface area contributed by atoms with Crippen molar-refractivity contribution in [1.29, 1.82) is 0 Å². The summed E-state index contributed by atoms with van der Waals surface area (Å²) in [7, 11) is -3.54. The summed E-state index contributed by atoms with van der Waals surface area (Å²) in [5, 5.41) is 0. The zero-order valence-corrected chi connectivity index (χ0v) is 11.4. The molecular formula is C11H17N3O3S. The summed E-state index contributed by atoms with van der Waals surface area (Å²) in [5.41, 5.74) is 4.21. The molecule has 0 saturated heterocycles. The summed E-state index contributed by atoms with van der Waals surface area (Å²) in [6, 6.07) is 5.32. The van der Waals surface area contributed by atoms with Crippen LogP contribution < -0.4 is 15.6 Å². The molecule has 0 aromatic heterocycles. The molecular weight excluding hydrogens is 254 g/mol. The molecule has 0 saturated carbocycles. The zero-order valence-electron chi connectivity index (χ0n) is 10.6. The number of nitrogens with one attached hydrogen (secondary N) is 1. The van der Waals surface area contributed by atoms with E-state index < -0.39 is 15.9 Å². The minimum absolute atomic E-state index is 0.334. The monoisotopic (exact) mass is 271 g/mol. The predicted molar refractivity (Wildman–Crippen MR) is 70.4 cm³/mol. The Hall–Kier alpha value is -1.60. The Balaban J connectivity index is 3.22. The number of anilines is 1. The predicted octanol–water partition coefficient (Wildman–Crippen LogP) is 0.0593. The Morgan fingerprint density at radius 1 is 1.39 bits per heavy atom. The SMILES string of the molecule is Cc1ccc(N(CC(=O)NN)S(C)(=O)=O)c(C)c1. The maximum Gasteiger partial charge on any atom is 0.254 e. The van der Waals surface area contributed by atoms with Crippen LogP contribution in [0.3, 0.4) is 0 Å². The molecule has 6 nitrogen and oxygen atoms in total. The van der Waals surface area contributed by atoms with Gasteiger partial charge >= 0.3 is 0 Å². The lowest BCUT2D eigenvalue weighted by Gasteiger charge is -2.23. The van der Waals surface area contributed by atoms with Crippen molar-refractivity contribution in [3.63, 3.8) is 0 Å². The molecule has 1 amide bonds. The molecule has 3 N–H and O–H groups in total. The lowest BCUT2D eigenvalue weighted by Crippen LogP contribution is -2.43. The lowest BCUT2D eigenvalue weighted by molar-refractivity contribution is -0.119. The highest BCUT2D eigenvalue weighted by Gasteiger charge is 2.21. The third kappa shape index (κ3) is 3.44. The van der Waals surface area contributed by atoms with Gasteiger partial charge in [-0.3, -0.25) is 14.5 Å². The van der Waals surface area contributed by atoms with Crippen molar-refractivity contribution in [3.05, 3.63) is 29.3 Å². The molecule has 7 heteroatoms. The van der Waals surface area contributed by atoms with Gasteiger partial charge in [-0.05, 0) is 25.5 Å². The molecule has 0 aliphatic heterocycles. The van der Waals surface area contributed by atoms with Gasteiger partial charge in [-0.2, -0.15) is 0 Å². The highest BCUT2D eigenvalue weighted by atomic mass is 32.2. The fourth-order valence-corrected chi connectivity index (χ4v) is 2.56. The van der Waals surface area contributed by atoms with E-state index in [0.717, 1.165) is 21.7 Å². The normalized spacial score (nSPS) is 11.1. The van der Waals surface area contributed by atoms with Crippen molar-refractivity contribution in [1.82, 2.24) is 5.43 Å². The molecule has 0 fully saturated rings. The molecule has 0 radical (unpaired) electrons. The summed E-state index contributed by atoms with van der Waals surface area (Å²) in [4.78, 5) is 11.3. The molecule has 0 heterocycles. The van der Waals surface area contributed by atoms with Crippen LogP contribution in [0, 0.1) is 13.8 Å². The smallest absolute Gasteiger partial charge is 0.254 e. The van der Waals surface area contributed by atoms with E-state index in [9.17, 15) is 13.2 Å². The summed E-state index contributed by atoms with van der Waals surface area (Å²) in [6.45, 7) is 3.37. The van der Waals surface area contributed by atoms with Crippen LogP contribution in [0.4, 0.5) is 5.69 Å². The molecule has 1 aromatic carbocycles. The van der Waals surface area contributed by atoms with Gasteiger partial charge in [0.25, 0.3) is 5.91 Å². The number of hydrogen-bond donors (Lipinski definition) is 2. The number of aryl methyl sites for hydroxylation is 2. The Labute approximate surface area is 107 Å². The Kier molecular flexibility index (Phi) is 4.31. The second-order valence-corrected chi connectivity index (χ2v) is 6.03. The van der Waals surface area contributed by atoms with Crippen molar-refractivity contribution >= 4 is 21.6 Å². The van der Waals surface area contributed by atoms with Crippen molar-refractivity contribution in [2.75, 3.05) is 17.1 Å². The van der Waals surface area contributed by atoms with Crippen LogP contribution in [-0.2, 0) is 14.8 Å². The van der Waals surface area contributed by atoms with Gasteiger partial charge in [0.05, 0.1) is 11.9 Å². The molecule has 0 atom stereocenters. The minimum Gasteiger partial charge on any atom is -0.293 e. The first-order valence-electron chi connectivity index (χ1n) is 5.30. The van der Waals surface area contributed by atoms with Gasteiger partial charge < -0.3 is 0 Å². The fourth-order valence-electron chi connectivity index (χ4n) is 1.64. The largest absolute Gasteiger partial charge is 0.293 e. The molecule has 0 spiro atoms. The molecule has 100 valence electrons. The molecule has 1 rings (SSSR count). The highest BCUT2D eigenvalue weighted by molar-refractivity contribution is 7.92. The molecule has 0 aliphatic rings. The van der Waals surface area contributed by atoms with Gasteiger partial charge in [0.2, 0.25) is 10.0 Å². The summed E-state index contributed by atoms with van der Waals surface area (Å²) < 4.78 is 24.5.